The Hall–Kier alpha value is -0.230. The second-order valence-electron chi connectivity index (χ2n) is 7.12. The molecule has 0 amide bonds. The molecular formula is C17H36O8S3. The fourth-order valence-corrected chi connectivity index (χ4v) is 5.24. The van der Waals surface area contributed by atoms with E-state index in [9.17, 15) is 25.3 Å². The summed E-state index contributed by atoms with van der Waals surface area (Å²) in [5.74, 6) is -0.0838. The van der Waals surface area contributed by atoms with Crippen LogP contribution in [0.5, 0.6) is 0 Å². The first-order valence-corrected chi connectivity index (χ1v) is 15.1. The van der Waals surface area contributed by atoms with Gasteiger partial charge in [-0.25, -0.2) is 8.42 Å². The zero-order valence-corrected chi connectivity index (χ0v) is 19.7. The largest absolute Gasteiger partial charge is 0.270 e. The Kier molecular flexibility index (Phi) is 13.8. The molecule has 0 aromatic rings. The molecule has 0 aliphatic rings. The Balaban J connectivity index is 4.44. The summed E-state index contributed by atoms with van der Waals surface area (Å²) in [4.78, 5) is 0. The van der Waals surface area contributed by atoms with Crippen molar-refractivity contribution in [2.75, 3.05) is 31.5 Å². The molecule has 170 valence electrons. The van der Waals surface area contributed by atoms with E-state index in [1.807, 2.05) is 0 Å². The maximum atomic E-state index is 12.5. The average Bonchev–Trinajstić information content (AvgIpc) is 2.54. The first-order chi connectivity index (χ1) is 12.9. The van der Waals surface area contributed by atoms with Crippen molar-refractivity contribution < 1.29 is 33.6 Å². The second kappa shape index (κ2) is 13.9. The third-order valence-electron chi connectivity index (χ3n) is 4.25. The van der Waals surface area contributed by atoms with Gasteiger partial charge in [0.1, 0.15) is 0 Å². The first kappa shape index (κ1) is 27.8. The lowest BCUT2D eigenvalue weighted by Gasteiger charge is -2.17. The highest BCUT2D eigenvalue weighted by molar-refractivity contribution is 7.92. The minimum Gasteiger partial charge on any atom is -0.270 e. The summed E-state index contributed by atoms with van der Waals surface area (Å²) in [6, 6.07) is 0. The minimum absolute atomic E-state index is 0.0838. The molecule has 0 spiro atoms. The fourth-order valence-electron chi connectivity index (χ4n) is 2.68. The summed E-state index contributed by atoms with van der Waals surface area (Å²) in [6.07, 6.45) is 10.9. The van der Waals surface area contributed by atoms with Crippen LogP contribution in [0.15, 0.2) is 0 Å². The molecule has 0 N–H and O–H groups in total. The molecule has 0 radical (unpaired) electrons. The highest BCUT2D eigenvalue weighted by atomic mass is 32.2. The van der Waals surface area contributed by atoms with Crippen LogP contribution >= 0.6 is 0 Å². The smallest absolute Gasteiger partial charge is 0.264 e. The lowest BCUT2D eigenvalue weighted by Crippen LogP contribution is -2.31. The van der Waals surface area contributed by atoms with Gasteiger partial charge in [-0.2, -0.15) is 16.8 Å². The van der Waals surface area contributed by atoms with Gasteiger partial charge in [0.15, 0.2) is 9.84 Å². The van der Waals surface area contributed by atoms with E-state index in [-0.39, 0.29) is 18.8 Å². The highest BCUT2D eigenvalue weighted by Crippen LogP contribution is 2.15. The summed E-state index contributed by atoms with van der Waals surface area (Å²) in [5, 5.41) is -1.13. The van der Waals surface area contributed by atoms with E-state index in [4.69, 9.17) is 0 Å². The van der Waals surface area contributed by atoms with Crippen molar-refractivity contribution in [2.45, 2.75) is 76.4 Å². The number of rotatable bonds is 18. The van der Waals surface area contributed by atoms with Gasteiger partial charge in [0.25, 0.3) is 20.2 Å². The van der Waals surface area contributed by atoms with E-state index < -0.39 is 41.9 Å². The second-order valence-corrected chi connectivity index (χ2v) is 12.8. The van der Waals surface area contributed by atoms with Crippen molar-refractivity contribution in [3.05, 3.63) is 0 Å². The fraction of sp³-hybridized carbons (Fsp3) is 1.00. The zero-order chi connectivity index (χ0) is 21.7. The molecule has 28 heavy (non-hydrogen) atoms. The van der Waals surface area contributed by atoms with Gasteiger partial charge < -0.3 is 0 Å². The molecule has 11 heteroatoms. The van der Waals surface area contributed by atoms with Gasteiger partial charge >= 0.3 is 0 Å². The van der Waals surface area contributed by atoms with Crippen LogP contribution in [0.3, 0.4) is 0 Å². The highest BCUT2D eigenvalue weighted by Gasteiger charge is 2.27. The lowest BCUT2D eigenvalue weighted by atomic mass is 10.1. The standard InChI is InChI=1S/C17H36O8S3/c1-4-5-6-7-8-9-10-11-12-15-28(22,23)17(16-25-27(3,20)21)13-14-24-26(2,18)19/h17H,4-16H2,1-3H3/t17-/m1/s1. The molecule has 0 saturated heterocycles. The van der Waals surface area contributed by atoms with E-state index in [2.05, 4.69) is 15.3 Å². The van der Waals surface area contributed by atoms with Crippen LogP contribution in [-0.4, -0.2) is 62.0 Å². The first-order valence-electron chi connectivity index (χ1n) is 9.78. The van der Waals surface area contributed by atoms with Crippen LogP contribution in [0.25, 0.3) is 0 Å². The SMILES string of the molecule is CCCCCCCCCCCS(=O)(=O)[C@H](CCOS(C)(=O)=O)COS(C)(=O)=O. The van der Waals surface area contributed by atoms with E-state index in [0.717, 1.165) is 38.2 Å². The third-order valence-corrected chi connectivity index (χ3v) is 7.65. The normalized spacial score (nSPS) is 14.2. The van der Waals surface area contributed by atoms with Crippen molar-refractivity contribution in [3.63, 3.8) is 0 Å². The van der Waals surface area contributed by atoms with Gasteiger partial charge in [-0.05, 0) is 12.8 Å². The van der Waals surface area contributed by atoms with Crippen LogP contribution in [0.2, 0.25) is 0 Å². The third kappa shape index (κ3) is 16.7. The molecule has 8 nitrogen and oxygen atoms in total. The number of unbranched alkanes of at least 4 members (excludes halogenated alkanes) is 8. The molecule has 0 aliphatic heterocycles. The molecule has 0 rings (SSSR count). The molecule has 0 heterocycles. The average molecular weight is 465 g/mol. The molecule has 0 fully saturated rings. The van der Waals surface area contributed by atoms with E-state index in [1.54, 1.807) is 0 Å². The van der Waals surface area contributed by atoms with E-state index in [0.29, 0.717) is 6.42 Å². The van der Waals surface area contributed by atoms with Gasteiger partial charge in [-0.1, -0.05) is 58.3 Å². The monoisotopic (exact) mass is 464 g/mol. The molecule has 0 aromatic carbocycles. The van der Waals surface area contributed by atoms with E-state index >= 15 is 0 Å². The number of hydrogen-bond acceptors (Lipinski definition) is 8. The van der Waals surface area contributed by atoms with Crippen molar-refractivity contribution in [1.82, 2.24) is 0 Å². The molecule has 0 unspecified atom stereocenters. The zero-order valence-electron chi connectivity index (χ0n) is 17.3. The molecule has 0 saturated carbocycles. The van der Waals surface area contributed by atoms with Crippen LogP contribution in [0.1, 0.15) is 71.1 Å². The maximum absolute atomic E-state index is 12.5. The van der Waals surface area contributed by atoms with Crippen LogP contribution in [-0.2, 0) is 38.4 Å². The maximum Gasteiger partial charge on any atom is 0.264 e. The summed E-state index contributed by atoms with van der Waals surface area (Å²) < 4.78 is 78.7. The van der Waals surface area contributed by atoms with Crippen LogP contribution in [0.4, 0.5) is 0 Å². The van der Waals surface area contributed by atoms with Crippen LogP contribution < -0.4 is 0 Å². The Morgan fingerprint density at radius 2 is 1.14 bits per heavy atom. The van der Waals surface area contributed by atoms with Crippen molar-refractivity contribution in [3.8, 4) is 0 Å². The molecule has 1 atom stereocenters. The Labute approximate surface area is 171 Å². The van der Waals surface area contributed by atoms with Crippen molar-refractivity contribution >= 4 is 30.1 Å². The Bertz CT molecular complexity index is 712. The molecule has 0 aliphatic carbocycles. The summed E-state index contributed by atoms with van der Waals surface area (Å²) in [5.41, 5.74) is 0. The number of sulfone groups is 1. The molecule has 0 bridgehead atoms. The van der Waals surface area contributed by atoms with Gasteiger partial charge in [0.05, 0.1) is 36.7 Å². The molecular weight excluding hydrogens is 428 g/mol. The molecule has 0 aromatic heterocycles. The predicted molar refractivity (Wildman–Crippen MR) is 111 cm³/mol. The Morgan fingerprint density at radius 3 is 1.61 bits per heavy atom. The van der Waals surface area contributed by atoms with Crippen molar-refractivity contribution in [1.29, 1.82) is 0 Å². The quantitative estimate of drug-likeness (QED) is 0.224. The number of hydrogen-bond donors (Lipinski definition) is 0. The summed E-state index contributed by atoms with van der Waals surface area (Å²) in [7, 11) is -11.1. The van der Waals surface area contributed by atoms with Crippen LogP contribution in [0, 0.1) is 0 Å². The summed E-state index contributed by atoms with van der Waals surface area (Å²) >= 11 is 0. The predicted octanol–water partition coefficient (Wildman–Crippen LogP) is 2.64. The van der Waals surface area contributed by atoms with Gasteiger partial charge in [0, 0.05) is 0 Å². The van der Waals surface area contributed by atoms with Gasteiger partial charge in [0.2, 0.25) is 0 Å². The van der Waals surface area contributed by atoms with Crippen molar-refractivity contribution in [2.24, 2.45) is 0 Å². The van der Waals surface area contributed by atoms with E-state index in [1.165, 1.54) is 25.7 Å². The minimum atomic E-state index is -3.80. The topological polar surface area (TPSA) is 121 Å². The lowest BCUT2D eigenvalue weighted by molar-refractivity contribution is 0.274. The van der Waals surface area contributed by atoms with Gasteiger partial charge in [-0.15, -0.1) is 0 Å². The Morgan fingerprint density at radius 1 is 0.679 bits per heavy atom. The van der Waals surface area contributed by atoms with Gasteiger partial charge in [-0.3, -0.25) is 8.37 Å². The summed E-state index contributed by atoms with van der Waals surface area (Å²) in [6.45, 7) is 1.29.